The molecule has 0 saturated heterocycles. The van der Waals surface area contributed by atoms with Gasteiger partial charge in [0.1, 0.15) is 0 Å². The monoisotopic (exact) mass is 330 g/mol. The van der Waals surface area contributed by atoms with Gasteiger partial charge in [0.05, 0.1) is 4.90 Å². The number of rotatable bonds is 10. The molecule has 0 aliphatic rings. The van der Waals surface area contributed by atoms with E-state index >= 15 is 0 Å². The van der Waals surface area contributed by atoms with Crippen molar-refractivity contribution >= 4 is 21.8 Å². The van der Waals surface area contributed by atoms with Crippen LogP contribution in [0.5, 0.6) is 0 Å². The molecule has 0 aromatic heterocycles. The number of sulfonamides is 1. The molecule has 21 heavy (non-hydrogen) atoms. The number of benzene rings is 1. The summed E-state index contributed by atoms with van der Waals surface area (Å²) < 4.78 is 27.1. The van der Waals surface area contributed by atoms with Crippen LogP contribution in [-0.4, -0.2) is 33.5 Å². The van der Waals surface area contributed by atoms with E-state index in [0.29, 0.717) is 11.4 Å². The van der Waals surface area contributed by atoms with Gasteiger partial charge in [-0.2, -0.15) is 11.8 Å². The highest BCUT2D eigenvalue weighted by molar-refractivity contribution is 7.98. The second-order valence-electron chi connectivity index (χ2n) is 4.99. The van der Waals surface area contributed by atoms with Gasteiger partial charge in [0.2, 0.25) is 10.0 Å². The average molecular weight is 331 g/mol. The molecule has 0 amide bonds. The molecule has 1 aromatic carbocycles. The Morgan fingerprint density at radius 1 is 1.29 bits per heavy atom. The summed E-state index contributed by atoms with van der Waals surface area (Å²) >= 11 is 1.72. The Balaban J connectivity index is 2.73. The summed E-state index contributed by atoms with van der Waals surface area (Å²) in [7, 11) is -3.40. The summed E-state index contributed by atoms with van der Waals surface area (Å²) in [4.78, 5) is 0.342. The van der Waals surface area contributed by atoms with Gasteiger partial charge in [0.25, 0.3) is 0 Å². The smallest absolute Gasteiger partial charge is 0.240 e. The molecule has 0 spiro atoms. The minimum Gasteiger partial charge on any atom is -0.310 e. The first-order valence-corrected chi connectivity index (χ1v) is 10.2. The van der Waals surface area contributed by atoms with Gasteiger partial charge in [-0.25, -0.2) is 13.1 Å². The standard InChI is InChI=1S/C15H26N2O2S2/c1-4-9-16-13(2)14-7-5-8-15(12-14)21(18,19)17-10-6-11-20-3/h5,7-8,12-13,16-17H,4,6,9-11H2,1-3H3. The lowest BCUT2D eigenvalue weighted by Crippen LogP contribution is -2.25. The van der Waals surface area contributed by atoms with E-state index in [-0.39, 0.29) is 6.04 Å². The zero-order valence-corrected chi connectivity index (χ0v) is 14.7. The van der Waals surface area contributed by atoms with Gasteiger partial charge in [0.15, 0.2) is 0 Å². The highest BCUT2D eigenvalue weighted by Gasteiger charge is 2.15. The molecule has 1 unspecified atom stereocenters. The van der Waals surface area contributed by atoms with E-state index in [0.717, 1.165) is 30.7 Å². The minimum absolute atomic E-state index is 0.150. The van der Waals surface area contributed by atoms with E-state index in [2.05, 4.69) is 17.0 Å². The lowest BCUT2D eigenvalue weighted by Gasteiger charge is -2.15. The van der Waals surface area contributed by atoms with E-state index in [4.69, 9.17) is 0 Å². The van der Waals surface area contributed by atoms with Crippen LogP contribution in [0.25, 0.3) is 0 Å². The summed E-state index contributed by atoms with van der Waals surface area (Å²) in [5.74, 6) is 0.959. The van der Waals surface area contributed by atoms with Gasteiger partial charge < -0.3 is 5.32 Å². The lowest BCUT2D eigenvalue weighted by atomic mass is 10.1. The van der Waals surface area contributed by atoms with Crippen LogP contribution >= 0.6 is 11.8 Å². The van der Waals surface area contributed by atoms with Crippen LogP contribution in [0.4, 0.5) is 0 Å². The van der Waals surface area contributed by atoms with E-state index in [1.54, 1.807) is 30.0 Å². The molecule has 0 saturated carbocycles. The van der Waals surface area contributed by atoms with Gasteiger partial charge >= 0.3 is 0 Å². The molecule has 1 atom stereocenters. The number of nitrogens with one attached hydrogen (secondary N) is 2. The van der Waals surface area contributed by atoms with Crippen LogP contribution < -0.4 is 10.0 Å². The highest BCUT2D eigenvalue weighted by atomic mass is 32.2. The second kappa shape index (κ2) is 9.46. The van der Waals surface area contributed by atoms with Crippen molar-refractivity contribution in [2.45, 2.75) is 37.6 Å². The maximum Gasteiger partial charge on any atom is 0.240 e. The minimum atomic E-state index is -3.40. The molecule has 1 rings (SSSR count). The van der Waals surface area contributed by atoms with Gasteiger partial charge in [-0.05, 0) is 56.0 Å². The van der Waals surface area contributed by atoms with Gasteiger partial charge in [0, 0.05) is 12.6 Å². The SMILES string of the molecule is CCCNC(C)c1cccc(S(=O)(=O)NCCCSC)c1. The highest BCUT2D eigenvalue weighted by Crippen LogP contribution is 2.17. The molecule has 0 radical (unpaired) electrons. The fourth-order valence-electron chi connectivity index (χ4n) is 1.94. The molecule has 0 bridgehead atoms. The second-order valence-corrected chi connectivity index (χ2v) is 7.74. The fraction of sp³-hybridized carbons (Fsp3) is 0.600. The van der Waals surface area contributed by atoms with E-state index in [1.165, 1.54) is 0 Å². The van der Waals surface area contributed by atoms with Crippen LogP contribution in [0.2, 0.25) is 0 Å². The Morgan fingerprint density at radius 3 is 2.71 bits per heavy atom. The van der Waals surface area contributed by atoms with Crippen molar-refractivity contribution in [3.05, 3.63) is 29.8 Å². The van der Waals surface area contributed by atoms with E-state index in [1.807, 2.05) is 19.2 Å². The van der Waals surface area contributed by atoms with Gasteiger partial charge in [-0.3, -0.25) is 0 Å². The number of thioether (sulfide) groups is 1. The van der Waals surface area contributed by atoms with Crippen molar-refractivity contribution in [1.82, 2.24) is 10.0 Å². The zero-order chi connectivity index (χ0) is 15.7. The van der Waals surface area contributed by atoms with Crippen molar-refractivity contribution in [2.75, 3.05) is 25.1 Å². The Hall–Kier alpha value is -0.560. The zero-order valence-electron chi connectivity index (χ0n) is 13.1. The third-order valence-corrected chi connectivity index (χ3v) is 5.34. The summed E-state index contributed by atoms with van der Waals surface area (Å²) in [5, 5.41) is 3.37. The number of hydrogen-bond donors (Lipinski definition) is 2. The van der Waals surface area contributed by atoms with E-state index in [9.17, 15) is 8.42 Å². The average Bonchev–Trinajstić information content (AvgIpc) is 2.49. The predicted molar refractivity (Wildman–Crippen MR) is 91.3 cm³/mol. The predicted octanol–water partition coefficient (Wildman–Crippen LogP) is 2.78. The molecule has 0 aliphatic heterocycles. The summed E-state index contributed by atoms with van der Waals surface area (Å²) in [6.07, 6.45) is 3.91. The molecular weight excluding hydrogens is 304 g/mol. The first-order valence-electron chi connectivity index (χ1n) is 7.33. The van der Waals surface area contributed by atoms with Crippen LogP contribution in [0, 0.1) is 0 Å². The van der Waals surface area contributed by atoms with Crippen LogP contribution in [0.1, 0.15) is 38.3 Å². The van der Waals surface area contributed by atoms with Crippen molar-refractivity contribution in [3.63, 3.8) is 0 Å². The van der Waals surface area contributed by atoms with Gasteiger partial charge in [-0.1, -0.05) is 19.1 Å². The first-order chi connectivity index (χ1) is 10.0. The molecule has 1 aromatic rings. The molecule has 0 heterocycles. The van der Waals surface area contributed by atoms with Crippen LogP contribution in [-0.2, 0) is 10.0 Å². The Kier molecular flexibility index (Phi) is 8.33. The molecule has 0 aliphatic carbocycles. The van der Waals surface area contributed by atoms with Gasteiger partial charge in [-0.15, -0.1) is 0 Å². The maximum atomic E-state index is 12.2. The molecule has 0 fully saturated rings. The topological polar surface area (TPSA) is 58.2 Å². The van der Waals surface area contributed by atoms with Crippen molar-refractivity contribution < 1.29 is 8.42 Å². The molecule has 6 heteroatoms. The quantitative estimate of drug-likeness (QED) is 0.648. The Morgan fingerprint density at radius 2 is 2.05 bits per heavy atom. The largest absolute Gasteiger partial charge is 0.310 e. The molecule has 120 valence electrons. The van der Waals surface area contributed by atoms with Crippen molar-refractivity contribution in [2.24, 2.45) is 0 Å². The first kappa shape index (κ1) is 18.5. The lowest BCUT2D eigenvalue weighted by molar-refractivity contribution is 0.567. The van der Waals surface area contributed by atoms with Crippen LogP contribution in [0.15, 0.2) is 29.2 Å². The van der Waals surface area contributed by atoms with Crippen LogP contribution in [0.3, 0.4) is 0 Å². The number of hydrogen-bond acceptors (Lipinski definition) is 4. The normalized spacial score (nSPS) is 13.3. The van der Waals surface area contributed by atoms with E-state index < -0.39 is 10.0 Å². The molecule has 4 nitrogen and oxygen atoms in total. The fourth-order valence-corrected chi connectivity index (χ4v) is 3.50. The van der Waals surface area contributed by atoms with Crippen molar-refractivity contribution in [1.29, 1.82) is 0 Å². The summed E-state index contributed by atoms with van der Waals surface area (Å²) in [6, 6.07) is 7.31. The Bertz CT molecular complexity index is 518. The summed E-state index contributed by atoms with van der Waals surface area (Å²) in [6.45, 7) is 5.56. The third-order valence-electron chi connectivity index (χ3n) is 3.19. The summed E-state index contributed by atoms with van der Waals surface area (Å²) in [5.41, 5.74) is 0.996. The Labute approximate surface area is 133 Å². The van der Waals surface area contributed by atoms with Crippen molar-refractivity contribution in [3.8, 4) is 0 Å². The molecule has 2 N–H and O–H groups in total. The maximum absolute atomic E-state index is 12.2. The third kappa shape index (κ3) is 6.38. The molecular formula is C15H26N2O2S2.